The molecule has 168 valence electrons. The topological polar surface area (TPSA) is 108 Å². The number of nitrogens with zero attached hydrogens (tertiary/aromatic N) is 3. The number of ether oxygens (including phenoxy) is 4. The van der Waals surface area contributed by atoms with Gasteiger partial charge in [-0.3, -0.25) is 9.79 Å². The summed E-state index contributed by atoms with van der Waals surface area (Å²) in [5, 5.41) is 11.9. The lowest BCUT2D eigenvalue weighted by atomic mass is 10.2. The Morgan fingerprint density at radius 3 is 2.64 bits per heavy atom. The zero-order chi connectivity index (χ0) is 23.0. The van der Waals surface area contributed by atoms with E-state index in [0.717, 1.165) is 6.21 Å². The standard InChI is InChI=1S/C22H16F2N4O5/c23-22(24)32-18-4-2-14(12-20(18)33-22)28-8-6-16(29)21(27-28)15(5-7-25)26-13-1-3-17-19(11-13)31-10-9-30-17/h1-4,6-8,11-12,25H,5,9-10H2. The number of benzene rings is 2. The summed E-state index contributed by atoms with van der Waals surface area (Å²) in [6.45, 7) is 0.875. The van der Waals surface area contributed by atoms with E-state index in [-0.39, 0.29) is 29.3 Å². The van der Waals surface area contributed by atoms with Crippen LogP contribution < -0.4 is 24.4 Å². The molecular weight excluding hydrogens is 438 g/mol. The summed E-state index contributed by atoms with van der Waals surface area (Å²) in [7, 11) is 0. The molecule has 2 aliphatic rings. The molecule has 1 aromatic heterocycles. The van der Waals surface area contributed by atoms with E-state index in [4.69, 9.17) is 14.9 Å². The van der Waals surface area contributed by atoms with E-state index in [1.807, 2.05) is 0 Å². The highest BCUT2D eigenvalue weighted by atomic mass is 19.3. The normalized spacial score (nSPS) is 15.9. The molecule has 0 aliphatic carbocycles. The second kappa shape index (κ2) is 8.01. The Hall–Kier alpha value is -4.28. The SMILES string of the molecule is N=CCC(=Nc1ccc2c(c1)OCCO2)c1nn(-c2ccc3c(c2)OC(F)(F)O3)ccc1=O. The largest absolute Gasteiger partial charge is 0.586 e. The summed E-state index contributed by atoms with van der Waals surface area (Å²) in [5.41, 5.74) is 0.728. The maximum Gasteiger partial charge on any atom is 0.586 e. The third-order valence-electron chi connectivity index (χ3n) is 4.82. The molecule has 33 heavy (non-hydrogen) atoms. The van der Waals surface area contributed by atoms with E-state index in [2.05, 4.69) is 19.6 Å². The van der Waals surface area contributed by atoms with Gasteiger partial charge in [0.05, 0.1) is 17.1 Å². The predicted octanol–water partition coefficient (Wildman–Crippen LogP) is 3.49. The minimum atomic E-state index is -3.74. The van der Waals surface area contributed by atoms with Crippen molar-refractivity contribution in [2.45, 2.75) is 12.7 Å². The summed E-state index contributed by atoms with van der Waals surface area (Å²) in [5.74, 6) is 0.883. The molecule has 11 heteroatoms. The molecule has 3 heterocycles. The van der Waals surface area contributed by atoms with Gasteiger partial charge < -0.3 is 24.4 Å². The number of alkyl halides is 2. The van der Waals surface area contributed by atoms with E-state index in [0.29, 0.717) is 36.1 Å². The first-order valence-corrected chi connectivity index (χ1v) is 9.89. The van der Waals surface area contributed by atoms with Crippen molar-refractivity contribution in [3.63, 3.8) is 0 Å². The van der Waals surface area contributed by atoms with Gasteiger partial charge in [0.2, 0.25) is 5.43 Å². The molecule has 0 saturated carbocycles. The Labute approximate surface area is 185 Å². The fourth-order valence-electron chi connectivity index (χ4n) is 3.38. The summed E-state index contributed by atoms with van der Waals surface area (Å²) < 4.78 is 48.0. The van der Waals surface area contributed by atoms with Crippen molar-refractivity contribution < 1.29 is 27.7 Å². The maximum absolute atomic E-state index is 13.3. The van der Waals surface area contributed by atoms with Crippen LogP contribution in [-0.2, 0) is 0 Å². The van der Waals surface area contributed by atoms with E-state index in [1.54, 1.807) is 18.2 Å². The number of halogens is 2. The Morgan fingerprint density at radius 2 is 1.82 bits per heavy atom. The predicted molar refractivity (Wildman–Crippen MR) is 113 cm³/mol. The molecule has 0 fully saturated rings. The molecule has 3 aromatic rings. The van der Waals surface area contributed by atoms with Crippen molar-refractivity contribution in [2.75, 3.05) is 13.2 Å². The van der Waals surface area contributed by atoms with Gasteiger partial charge >= 0.3 is 6.29 Å². The number of hydrogen-bond acceptors (Lipinski definition) is 8. The Morgan fingerprint density at radius 1 is 1.06 bits per heavy atom. The van der Waals surface area contributed by atoms with Crippen molar-refractivity contribution in [1.29, 1.82) is 5.41 Å². The van der Waals surface area contributed by atoms with Crippen LogP contribution in [0.4, 0.5) is 14.5 Å². The molecule has 2 aromatic carbocycles. The monoisotopic (exact) mass is 454 g/mol. The molecule has 0 radical (unpaired) electrons. The molecule has 0 spiro atoms. The highest BCUT2D eigenvalue weighted by molar-refractivity contribution is 6.06. The van der Waals surface area contributed by atoms with Gasteiger partial charge in [0.1, 0.15) is 13.2 Å². The lowest BCUT2D eigenvalue weighted by Crippen LogP contribution is -2.25. The minimum absolute atomic E-state index is 0.0129. The maximum atomic E-state index is 13.3. The first-order valence-electron chi connectivity index (χ1n) is 9.89. The number of hydrogen-bond donors (Lipinski definition) is 1. The first kappa shape index (κ1) is 20.6. The van der Waals surface area contributed by atoms with Gasteiger partial charge in [-0.2, -0.15) is 5.10 Å². The molecule has 0 unspecified atom stereocenters. The van der Waals surface area contributed by atoms with Crippen molar-refractivity contribution in [3.05, 3.63) is 64.6 Å². The number of nitrogens with one attached hydrogen (secondary N) is 1. The number of fused-ring (bicyclic) bond motifs is 2. The van der Waals surface area contributed by atoms with Gasteiger partial charge in [0.15, 0.2) is 28.7 Å². The van der Waals surface area contributed by atoms with Crippen LogP contribution >= 0.6 is 0 Å². The average Bonchev–Trinajstić information content (AvgIpc) is 3.12. The van der Waals surface area contributed by atoms with Gasteiger partial charge in [-0.1, -0.05) is 0 Å². The number of aliphatic imine (C=N–C) groups is 1. The van der Waals surface area contributed by atoms with Crippen LogP contribution in [0.2, 0.25) is 0 Å². The third-order valence-corrected chi connectivity index (χ3v) is 4.82. The highest BCUT2D eigenvalue weighted by Crippen LogP contribution is 2.41. The van der Waals surface area contributed by atoms with Crippen molar-refractivity contribution in [3.8, 4) is 28.7 Å². The van der Waals surface area contributed by atoms with E-state index in [9.17, 15) is 13.6 Å². The Kier molecular flexibility index (Phi) is 5.00. The zero-order valence-corrected chi connectivity index (χ0v) is 17.0. The fourth-order valence-corrected chi connectivity index (χ4v) is 3.38. The summed E-state index contributed by atoms with van der Waals surface area (Å²) >= 11 is 0. The lowest BCUT2D eigenvalue weighted by Gasteiger charge is -2.18. The molecule has 1 N–H and O–H groups in total. The summed E-state index contributed by atoms with van der Waals surface area (Å²) in [4.78, 5) is 17.1. The molecule has 0 atom stereocenters. The highest BCUT2D eigenvalue weighted by Gasteiger charge is 2.43. The van der Waals surface area contributed by atoms with E-state index in [1.165, 1.54) is 35.1 Å². The minimum Gasteiger partial charge on any atom is -0.486 e. The third kappa shape index (κ3) is 4.12. The molecule has 9 nitrogen and oxygen atoms in total. The fraction of sp³-hybridized carbons (Fsp3) is 0.182. The molecule has 5 rings (SSSR count). The van der Waals surface area contributed by atoms with Crippen LogP contribution in [-0.4, -0.2) is 41.2 Å². The molecule has 0 bridgehead atoms. The smallest absolute Gasteiger partial charge is 0.486 e. The van der Waals surface area contributed by atoms with Crippen molar-refractivity contribution in [2.24, 2.45) is 4.99 Å². The van der Waals surface area contributed by atoms with Gasteiger partial charge in [-0.05, 0) is 24.3 Å². The van der Waals surface area contributed by atoms with Gasteiger partial charge in [0, 0.05) is 37.0 Å². The average molecular weight is 454 g/mol. The number of rotatable bonds is 5. The Balaban J connectivity index is 1.53. The van der Waals surface area contributed by atoms with E-state index >= 15 is 0 Å². The van der Waals surface area contributed by atoms with Crippen LogP contribution in [0.3, 0.4) is 0 Å². The lowest BCUT2D eigenvalue weighted by molar-refractivity contribution is -0.286. The van der Waals surface area contributed by atoms with Crippen molar-refractivity contribution >= 4 is 17.6 Å². The zero-order valence-electron chi connectivity index (χ0n) is 17.0. The molecule has 0 saturated heterocycles. The first-order chi connectivity index (χ1) is 15.9. The molecule has 2 aliphatic heterocycles. The second-order valence-electron chi connectivity index (χ2n) is 7.07. The second-order valence-corrected chi connectivity index (χ2v) is 7.07. The molecular formula is C22H16F2N4O5. The van der Waals surface area contributed by atoms with Crippen molar-refractivity contribution in [1.82, 2.24) is 9.78 Å². The van der Waals surface area contributed by atoms with E-state index < -0.39 is 11.7 Å². The number of aromatic nitrogens is 2. The van der Waals surface area contributed by atoms with Crippen LogP contribution in [0.5, 0.6) is 23.0 Å². The van der Waals surface area contributed by atoms with Crippen LogP contribution in [0.25, 0.3) is 5.69 Å². The van der Waals surface area contributed by atoms with Crippen LogP contribution in [0.1, 0.15) is 12.1 Å². The Bertz CT molecular complexity index is 1340. The van der Waals surface area contributed by atoms with Gasteiger partial charge in [0.25, 0.3) is 0 Å². The van der Waals surface area contributed by atoms with Crippen LogP contribution in [0, 0.1) is 5.41 Å². The summed E-state index contributed by atoms with van der Waals surface area (Å²) in [6.07, 6.45) is -1.18. The molecule has 0 amide bonds. The van der Waals surface area contributed by atoms with Gasteiger partial charge in [-0.15, -0.1) is 8.78 Å². The van der Waals surface area contributed by atoms with Crippen LogP contribution in [0.15, 0.2) is 58.4 Å². The summed E-state index contributed by atoms with van der Waals surface area (Å²) in [6, 6.07) is 10.5. The van der Waals surface area contributed by atoms with Gasteiger partial charge in [-0.25, -0.2) is 4.68 Å². The quantitative estimate of drug-likeness (QED) is 0.592.